The molecule has 1 rings (SSSR count). The molecule has 0 fully saturated rings. The van der Waals surface area contributed by atoms with E-state index < -0.39 is 17.7 Å². The molecule has 1 atom stereocenters. The van der Waals surface area contributed by atoms with Gasteiger partial charge >= 0.3 is 0 Å². The van der Waals surface area contributed by atoms with Gasteiger partial charge in [-0.2, -0.15) is 11.8 Å². The number of benzene rings is 1. The van der Waals surface area contributed by atoms with Gasteiger partial charge in [-0.3, -0.25) is 0 Å². The zero-order valence-corrected chi connectivity index (χ0v) is 9.36. The van der Waals surface area contributed by atoms with Crippen LogP contribution in [0.5, 0.6) is 0 Å². The van der Waals surface area contributed by atoms with Crippen LogP contribution in [0.3, 0.4) is 0 Å². The molecular weight excluding hydrogens is 218 g/mol. The molecule has 1 aromatic carbocycles. The number of aliphatic hydroxyl groups excluding tert-OH is 1. The third kappa shape index (κ3) is 3.47. The van der Waals surface area contributed by atoms with Crippen LogP contribution < -0.4 is 0 Å². The Morgan fingerprint density at radius 3 is 2.47 bits per heavy atom. The van der Waals surface area contributed by atoms with Crippen LogP contribution in [0.4, 0.5) is 8.78 Å². The molecule has 0 aliphatic heterocycles. The van der Waals surface area contributed by atoms with E-state index in [1.54, 1.807) is 11.8 Å². The second kappa shape index (κ2) is 6.08. The molecule has 84 valence electrons. The lowest BCUT2D eigenvalue weighted by molar-refractivity contribution is 0.157. The van der Waals surface area contributed by atoms with Crippen LogP contribution in [-0.4, -0.2) is 17.1 Å². The molecule has 1 nitrogen and oxygen atoms in total. The first-order chi connectivity index (χ1) is 7.16. The Hall–Kier alpha value is -0.610. The van der Waals surface area contributed by atoms with Crippen LogP contribution in [0.1, 0.15) is 24.5 Å². The first kappa shape index (κ1) is 12.5. The summed E-state index contributed by atoms with van der Waals surface area (Å²) in [7, 11) is 0. The molecule has 0 aromatic heterocycles. The maximum absolute atomic E-state index is 13.2. The van der Waals surface area contributed by atoms with Crippen LogP contribution in [0, 0.1) is 11.6 Å². The molecule has 15 heavy (non-hydrogen) atoms. The lowest BCUT2D eigenvalue weighted by atomic mass is 10.0. The van der Waals surface area contributed by atoms with Gasteiger partial charge in [0, 0.05) is 0 Å². The average Bonchev–Trinajstić information content (AvgIpc) is 2.18. The Morgan fingerprint density at radius 1 is 1.33 bits per heavy atom. The molecule has 0 saturated heterocycles. The van der Waals surface area contributed by atoms with Gasteiger partial charge in [0.25, 0.3) is 0 Å². The summed E-state index contributed by atoms with van der Waals surface area (Å²) in [6.07, 6.45) is 2.04. The standard InChI is InChI=1S/C11H14F2OS/c1-15-7-3-6-10(14)11-8(12)4-2-5-9(11)13/h2,4-5,10,14H,3,6-7H2,1H3. The van der Waals surface area contributed by atoms with Crippen LogP contribution in [0.25, 0.3) is 0 Å². The minimum absolute atomic E-state index is 0.210. The van der Waals surface area contributed by atoms with E-state index in [-0.39, 0.29) is 5.56 Å². The van der Waals surface area contributed by atoms with Crippen molar-refractivity contribution in [1.29, 1.82) is 0 Å². The van der Waals surface area contributed by atoms with Crippen LogP contribution in [0.15, 0.2) is 18.2 Å². The first-order valence-electron chi connectivity index (χ1n) is 4.77. The van der Waals surface area contributed by atoms with Gasteiger partial charge in [-0.1, -0.05) is 6.07 Å². The summed E-state index contributed by atoms with van der Waals surface area (Å²) in [6, 6.07) is 3.62. The largest absolute Gasteiger partial charge is 0.388 e. The van der Waals surface area contributed by atoms with E-state index in [4.69, 9.17) is 0 Å². The number of halogens is 2. The molecule has 1 aromatic rings. The predicted octanol–water partition coefficient (Wildman–Crippen LogP) is 3.14. The van der Waals surface area contributed by atoms with E-state index in [1.165, 1.54) is 6.07 Å². The summed E-state index contributed by atoms with van der Waals surface area (Å²) in [6.45, 7) is 0. The highest BCUT2D eigenvalue weighted by atomic mass is 32.2. The van der Waals surface area contributed by atoms with Crippen molar-refractivity contribution in [1.82, 2.24) is 0 Å². The van der Waals surface area contributed by atoms with Crippen LogP contribution in [-0.2, 0) is 0 Å². The second-order valence-corrected chi connectivity index (χ2v) is 4.27. The maximum Gasteiger partial charge on any atom is 0.131 e. The third-order valence-electron chi connectivity index (χ3n) is 2.16. The average molecular weight is 232 g/mol. The lowest BCUT2D eigenvalue weighted by Crippen LogP contribution is -2.04. The lowest BCUT2D eigenvalue weighted by Gasteiger charge is -2.12. The van der Waals surface area contributed by atoms with Gasteiger partial charge in [0.1, 0.15) is 11.6 Å². The highest BCUT2D eigenvalue weighted by Crippen LogP contribution is 2.24. The topological polar surface area (TPSA) is 20.2 Å². The van der Waals surface area contributed by atoms with Crippen molar-refractivity contribution in [3.8, 4) is 0 Å². The summed E-state index contributed by atoms with van der Waals surface area (Å²) < 4.78 is 26.4. The highest BCUT2D eigenvalue weighted by Gasteiger charge is 2.16. The van der Waals surface area contributed by atoms with Gasteiger partial charge < -0.3 is 5.11 Å². The van der Waals surface area contributed by atoms with E-state index in [1.807, 2.05) is 6.26 Å². The molecule has 0 heterocycles. The normalized spacial score (nSPS) is 12.8. The Balaban J connectivity index is 2.68. The molecule has 4 heteroatoms. The molecule has 0 amide bonds. The second-order valence-electron chi connectivity index (χ2n) is 3.29. The molecule has 0 aliphatic carbocycles. The van der Waals surface area contributed by atoms with Gasteiger partial charge in [0.15, 0.2) is 0 Å². The van der Waals surface area contributed by atoms with Crippen LogP contribution in [0.2, 0.25) is 0 Å². The minimum atomic E-state index is -1.04. The summed E-state index contributed by atoms with van der Waals surface area (Å²) in [5.41, 5.74) is -0.210. The monoisotopic (exact) mass is 232 g/mol. The fourth-order valence-electron chi connectivity index (χ4n) is 1.39. The molecule has 0 spiro atoms. The van der Waals surface area contributed by atoms with Gasteiger partial charge in [-0.25, -0.2) is 8.78 Å². The van der Waals surface area contributed by atoms with E-state index in [0.29, 0.717) is 6.42 Å². The van der Waals surface area contributed by atoms with Crippen molar-refractivity contribution in [3.05, 3.63) is 35.4 Å². The Morgan fingerprint density at radius 2 is 1.93 bits per heavy atom. The van der Waals surface area contributed by atoms with Gasteiger partial charge in [-0.15, -0.1) is 0 Å². The summed E-state index contributed by atoms with van der Waals surface area (Å²) in [5, 5.41) is 9.62. The smallest absolute Gasteiger partial charge is 0.131 e. The van der Waals surface area contributed by atoms with E-state index in [9.17, 15) is 13.9 Å². The van der Waals surface area contributed by atoms with Gasteiger partial charge in [-0.05, 0) is 37.0 Å². The highest BCUT2D eigenvalue weighted by molar-refractivity contribution is 7.98. The van der Waals surface area contributed by atoms with Crippen molar-refractivity contribution >= 4 is 11.8 Å². The molecule has 0 aliphatic rings. The van der Waals surface area contributed by atoms with E-state index in [0.717, 1.165) is 24.3 Å². The summed E-state index contributed by atoms with van der Waals surface area (Å²) >= 11 is 1.65. The number of aliphatic hydroxyl groups is 1. The molecule has 1 unspecified atom stereocenters. The zero-order valence-electron chi connectivity index (χ0n) is 8.54. The third-order valence-corrected chi connectivity index (χ3v) is 2.86. The van der Waals surface area contributed by atoms with Crippen LogP contribution >= 0.6 is 11.8 Å². The Labute approximate surface area is 92.5 Å². The first-order valence-corrected chi connectivity index (χ1v) is 6.17. The van der Waals surface area contributed by atoms with E-state index in [2.05, 4.69) is 0 Å². The maximum atomic E-state index is 13.2. The SMILES string of the molecule is CSCCCC(O)c1c(F)cccc1F. The predicted molar refractivity (Wildman–Crippen MR) is 58.9 cm³/mol. The van der Waals surface area contributed by atoms with Gasteiger partial charge in [0.2, 0.25) is 0 Å². The summed E-state index contributed by atoms with van der Waals surface area (Å²) in [5.74, 6) is -0.467. The summed E-state index contributed by atoms with van der Waals surface area (Å²) in [4.78, 5) is 0. The quantitative estimate of drug-likeness (QED) is 0.787. The number of hydrogen-bond acceptors (Lipinski definition) is 2. The van der Waals surface area contributed by atoms with Crippen molar-refractivity contribution in [2.75, 3.05) is 12.0 Å². The van der Waals surface area contributed by atoms with E-state index >= 15 is 0 Å². The van der Waals surface area contributed by atoms with Crippen molar-refractivity contribution in [2.24, 2.45) is 0 Å². The molecule has 0 saturated carbocycles. The molecule has 0 bridgehead atoms. The molecule has 1 N–H and O–H groups in total. The minimum Gasteiger partial charge on any atom is -0.388 e. The fourth-order valence-corrected chi connectivity index (χ4v) is 1.85. The van der Waals surface area contributed by atoms with Crippen molar-refractivity contribution in [2.45, 2.75) is 18.9 Å². The van der Waals surface area contributed by atoms with Crippen molar-refractivity contribution in [3.63, 3.8) is 0 Å². The zero-order chi connectivity index (χ0) is 11.3. The molecular formula is C11H14F2OS. The Kier molecular flexibility index (Phi) is 5.05. The number of hydrogen-bond donors (Lipinski definition) is 1. The Bertz CT molecular complexity index is 297. The fraction of sp³-hybridized carbons (Fsp3) is 0.455. The number of rotatable bonds is 5. The van der Waals surface area contributed by atoms with Crippen molar-refractivity contribution < 1.29 is 13.9 Å². The molecule has 0 radical (unpaired) electrons. The van der Waals surface area contributed by atoms with Gasteiger partial charge in [0.05, 0.1) is 11.7 Å². The number of thioether (sulfide) groups is 1.